The molecule has 0 amide bonds. The predicted molar refractivity (Wildman–Crippen MR) is 64.3 cm³/mol. The van der Waals surface area contributed by atoms with Gasteiger partial charge in [0.25, 0.3) is 0 Å². The highest BCUT2D eigenvalue weighted by atomic mass is 16.5. The molecule has 0 bridgehead atoms. The third-order valence-electron chi connectivity index (χ3n) is 2.25. The molecule has 0 aromatic heterocycles. The molecule has 0 heterocycles. The topological polar surface area (TPSA) is 30.5 Å². The summed E-state index contributed by atoms with van der Waals surface area (Å²) in [5, 5.41) is 3.36. The SMILES string of the molecule is CCCCCOC(CNCCC)COC. The lowest BCUT2D eigenvalue weighted by Crippen LogP contribution is -2.33. The molecule has 0 aromatic rings. The molecule has 92 valence electrons. The summed E-state index contributed by atoms with van der Waals surface area (Å²) in [6.45, 7) is 7.86. The summed E-state index contributed by atoms with van der Waals surface area (Å²) in [6.07, 6.45) is 5.02. The van der Waals surface area contributed by atoms with Crippen LogP contribution in [-0.4, -0.2) is 39.5 Å². The Morgan fingerprint density at radius 1 is 1.13 bits per heavy atom. The van der Waals surface area contributed by atoms with Crippen LogP contribution in [0.3, 0.4) is 0 Å². The number of hydrogen-bond donors (Lipinski definition) is 1. The highest BCUT2D eigenvalue weighted by Gasteiger charge is 2.07. The van der Waals surface area contributed by atoms with Gasteiger partial charge < -0.3 is 14.8 Å². The molecule has 3 heteroatoms. The molecule has 0 aromatic carbocycles. The average molecular weight is 217 g/mol. The number of nitrogens with one attached hydrogen (secondary N) is 1. The van der Waals surface area contributed by atoms with Crippen LogP contribution in [0, 0.1) is 0 Å². The van der Waals surface area contributed by atoms with E-state index in [-0.39, 0.29) is 6.10 Å². The van der Waals surface area contributed by atoms with Crippen LogP contribution in [0.5, 0.6) is 0 Å². The maximum Gasteiger partial charge on any atom is 0.0932 e. The lowest BCUT2D eigenvalue weighted by Gasteiger charge is -2.17. The fraction of sp³-hybridized carbons (Fsp3) is 1.00. The Bertz CT molecular complexity index is 120. The van der Waals surface area contributed by atoms with Crippen LogP contribution in [-0.2, 0) is 9.47 Å². The average Bonchev–Trinajstić information content (AvgIpc) is 2.24. The number of hydrogen-bond acceptors (Lipinski definition) is 3. The van der Waals surface area contributed by atoms with Gasteiger partial charge in [-0.3, -0.25) is 0 Å². The van der Waals surface area contributed by atoms with E-state index in [0.717, 1.165) is 32.5 Å². The van der Waals surface area contributed by atoms with E-state index in [1.165, 1.54) is 12.8 Å². The van der Waals surface area contributed by atoms with Crippen molar-refractivity contribution in [2.75, 3.05) is 33.4 Å². The van der Waals surface area contributed by atoms with Crippen molar-refractivity contribution in [2.24, 2.45) is 0 Å². The molecule has 3 nitrogen and oxygen atoms in total. The van der Waals surface area contributed by atoms with Gasteiger partial charge in [0.2, 0.25) is 0 Å². The smallest absolute Gasteiger partial charge is 0.0932 e. The number of rotatable bonds is 11. The van der Waals surface area contributed by atoms with Gasteiger partial charge in [0.1, 0.15) is 0 Å². The van der Waals surface area contributed by atoms with Crippen molar-refractivity contribution in [3.05, 3.63) is 0 Å². The Balaban J connectivity index is 3.44. The Morgan fingerprint density at radius 2 is 1.93 bits per heavy atom. The lowest BCUT2D eigenvalue weighted by molar-refractivity contribution is -0.00222. The minimum Gasteiger partial charge on any atom is -0.382 e. The van der Waals surface area contributed by atoms with Crippen LogP contribution >= 0.6 is 0 Å². The Hall–Kier alpha value is -0.120. The quantitative estimate of drug-likeness (QED) is 0.538. The van der Waals surface area contributed by atoms with Crippen LogP contribution in [0.2, 0.25) is 0 Å². The van der Waals surface area contributed by atoms with Gasteiger partial charge in [-0.05, 0) is 19.4 Å². The largest absolute Gasteiger partial charge is 0.382 e. The second kappa shape index (κ2) is 12.0. The fourth-order valence-corrected chi connectivity index (χ4v) is 1.39. The molecular formula is C12H27NO2. The van der Waals surface area contributed by atoms with Crippen molar-refractivity contribution < 1.29 is 9.47 Å². The van der Waals surface area contributed by atoms with Gasteiger partial charge in [-0.15, -0.1) is 0 Å². The summed E-state index contributed by atoms with van der Waals surface area (Å²) in [5.41, 5.74) is 0. The summed E-state index contributed by atoms with van der Waals surface area (Å²) < 4.78 is 10.9. The van der Waals surface area contributed by atoms with Crippen molar-refractivity contribution in [3.8, 4) is 0 Å². The zero-order chi connectivity index (χ0) is 11.4. The zero-order valence-electron chi connectivity index (χ0n) is 10.6. The second-order valence-electron chi connectivity index (χ2n) is 3.86. The summed E-state index contributed by atoms with van der Waals surface area (Å²) in [4.78, 5) is 0. The van der Waals surface area contributed by atoms with Gasteiger partial charge >= 0.3 is 0 Å². The van der Waals surface area contributed by atoms with Crippen molar-refractivity contribution in [1.82, 2.24) is 5.32 Å². The van der Waals surface area contributed by atoms with Gasteiger partial charge in [0.05, 0.1) is 12.7 Å². The standard InChI is InChI=1S/C12H27NO2/c1-4-6-7-9-15-12(11-14-3)10-13-8-5-2/h12-13H,4-11H2,1-3H3. The molecule has 0 radical (unpaired) electrons. The minimum atomic E-state index is 0.207. The van der Waals surface area contributed by atoms with E-state index in [0.29, 0.717) is 6.61 Å². The van der Waals surface area contributed by atoms with Crippen LogP contribution in [0.1, 0.15) is 39.5 Å². The first-order valence-electron chi connectivity index (χ1n) is 6.16. The van der Waals surface area contributed by atoms with Crippen LogP contribution < -0.4 is 5.32 Å². The molecular weight excluding hydrogens is 190 g/mol. The van der Waals surface area contributed by atoms with E-state index in [1.807, 2.05) is 0 Å². The zero-order valence-corrected chi connectivity index (χ0v) is 10.6. The molecule has 0 spiro atoms. The maximum absolute atomic E-state index is 5.74. The first-order chi connectivity index (χ1) is 7.35. The normalized spacial score (nSPS) is 13.0. The Labute approximate surface area is 94.5 Å². The monoisotopic (exact) mass is 217 g/mol. The Morgan fingerprint density at radius 3 is 2.53 bits per heavy atom. The molecule has 0 rings (SSSR count). The molecule has 1 atom stereocenters. The first-order valence-corrected chi connectivity index (χ1v) is 6.16. The van der Waals surface area contributed by atoms with Crippen molar-refractivity contribution in [3.63, 3.8) is 0 Å². The van der Waals surface area contributed by atoms with Gasteiger partial charge in [0.15, 0.2) is 0 Å². The van der Waals surface area contributed by atoms with E-state index in [9.17, 15) is 0 Å². The van der Waals surface area contributed by atoms with Gasteiger partial charge in [0, 0.05) is 20.3 Å². The maximum atomic E-state index is 5.74. The van der Waals surface area contributed by atoms with Crippen LogP contribution in [0.25, 0.3) is 0 Å². The molecule has 1 unspecified atom stereocenters. The molecule has 1 N–H and O–H groups in total. The highest BCUT2D eigenvalue weighted by Crippen LogP contribution is 1.98. The van der Waals surface area contributed by atoms with Gasteiger partial charge in [-0.1, -0.05) is 26.7 Å². The molecule has 0 aliphatic rings. The van der Waals surface area contributed by atoms with Crippen molar-refractivity contribution in [2.45, 2.75) is 45.6 Å². The number of ether oxygens (including phenoxy) is 2. The van der Waals surface area contributed by atoms with Crippen LogP contribution in [0.4, 0.5) is 0 Å². The van der Waals surface area contributed by atoms with E-state index < -0.39 is 0 Å². The molecule has 0 aliphatic heterocycles. The van der Waals surface area contributed by atoms with Crippen molar-refractivity contribution >= 4 is 0 Å². The highest BCUT2D eigenvalue weighted by molar-refractivity contribution is 4.60. The van der Waals surface area contributed by atoms with E-state index in [2.05, 4.69) is 19.2 Å². The van der Waals surface area contributed by atoms with Gasteiger partial charge in [-0.2, -0.15) is 0 Å². The summed E-state index contributed by atoms with van der Waals surface area (Å²) in [5.74, 6) is 0. The lowest BCUT2D eigenvalue weighted by atomic mass is 10.2. The summed E-state index contributed by atoms with van der Waals surface area (Å²) >= 11 is 0. The van der Waals surface area contributed by atoms with Crippen LogP contribution in [0.15, 0.2) is 0 Å². The third-order valence-corrected chi connectivity index (χ3v) is 2.25. The molecule has 0 aliphatic carbocycles. The predicted octanol–water partition coefficient (Wildman–Crippen LogP) is 2.21. The summed E-state index contributed by atoms with van der Waals surface area (Å²) in [7, 11) is 1.72. The number of unbranched alkanes of at least 4 members (excludes halogenated alkanes) is 2. The Kier molecular flexibility index (Phi) is 11.9. The van der Waals surface area contributed by atoms with Crippen molar-refractivity contribution in [1.29, 1.82) is 0 Å². The molecule has 15 heavy (non-hydrogen) atoms. The minimum absolute atomic E-state index is 0.207. The number of methoxy groups -OCH3 is 1. The molecule has 0 fully saturated rings. The molecule has 0 saturated heterocycles. The third kappa shape index (κ3) is 10.2. The van der Waals surface area contributed by atoms with E-state index in [1.54, 1.807) is 7.11 Å². The second-order valence-corrected chi connectivity index (χ2v) is 3.86. The van der Waals surface area contributed by atoms with Gasteiger partial charge in [-0.25, -0.2) is 0 Å². The van der Waals surface area contributed by atoms with E-state index in [4.69, 9.17) is 9.47 Å². The molecule has 0 saturated carbocycles. The fourth-order valence-electron chi connectivity index (χ4n) is 1.39. The van der Waals surface area contributed by atoms with E-state index >= 15 is 0 Å². The summed E-state index contributed by atoms with van der Waals surface area (Å²) in [6, 6.07) is 0. The first kappa shape index (κ1) is 14.9.